The molecule has 19 heavy (non-hydrogen) atoms. The summed E-state index contributed by atoms with van der Waals surface area (Å²) in [6.07, 6.45) is 0.596. The highest BCUT2D eigenvalue weighted by molar-refractivity contribution is 5.81. The minimum atomic E-state index is -0.416. The molecular weight excluding hydrogens is 247 g/mol. The summed E-state index contributed by atoms with van der Waals surface area (Å²) in [5, 5.41) is 0. The van der Waals surface area contributed by atoms with E-state index in [1.54, 1.807) is 24.6 Å². The van der Waals surface area contributed by atoms with Crippen LogP contribution in [-0.2, 0) is 16.6 Å². The average Bonchev–Trinajstić information content (AvgIpc) is 2.69. The number of hydrogen-bond acceptors (Lipinski definition) is 3. The summed E-state index contributed by atoms with van der Waals surface area (Å²) in [7, 11) is 1.78. The van der Waals surface area contributed by atoms with Crippen LogP contribution in [0.25, 0.3) is 11.0 Å². The van der Waals surface area contributed by atoms with E-state index in [4.69, 9.17) is 4.74 Å². The Bertz CT molecular complexity index is 607. The van der Waals surface area contributed by atoms with E-state index in [-0.39, 0.29) is 11.8 Å². The van der Waals surface area contributed by atoms with Crippen molar-refractivity contribution in [2.75, 3.05) is 6.61 Å². The van der Waals surface area contributed by atoms with Gasteiger partial charge < -0.3 is 9.30 Å². The Hall–Kier alpha value is -1.91. The monoisotopic (exact) mass is 264 g/mol. The number of nitrogens with zero attached hydrogens (tertiary/aromatic N) is 2. The van der Waals surface area contributed by atoms with Crippen LogP contribution in [0.3, 0.4) is 0 Å². The Morgan fingerprint density at radius 3 is 2.84 bits per heavy atom. The molecule has 2 rings (SSSR count). The Morgan fingerprint density at radius 2 is 2.21 bits per heavy atom. The number of carbonyl (C=O) groups excluding carboxylic acids is 1. The highest BCUT2D eigenvalue weighted by Gasteiger charge is 2.25. The van der Waals surface area contributed by atoms with Gasteiger partial charge in [-0.15, -0.1) is 0 Å². The SMILES string of the molecule is CCOC(=O)C(CC)c1nc2ccc(F)cc2n1C. The second kappa shape index (κ2) is 5.38. The quantitative estimate of drug-likeness (QED) is 0.797. The highest BCUT2D eigenvalue weighted by atomic mass is 19.1. The van der Waals surface area contributed by atoms with Gasteiger partial charge in [-0.3, -0.25) is 4.79 Å². The summed E-state index contributed by atoms with van der Waals surface area (Å²) < 4.78 is 20.1. The molecule has 4 nitrogen and oxygen atoms in total. The fourth-order valence-electron chi connectivity index (χ4n) is 2.19. The molecule has 5 heteroatoms. The molecule has 1 unspecified atom stereocenters. The summed E-state index contributed by atoms with van der Waals surface area (Å²) >= 11 is 0. The van der Waals surface area contributed by atoms with E-state index in [9.17, 15) is 9.18 Å². The number of ether oxygens (including phenoxy) is 1. The Morgan fingerprint density at radius 1 is 1.47 bits per heavy atom. The van der Waals surface area contributed by atoms with Crippen molar-refractivity contribution >= 4 is 17.0 Å². The molecular formula is C14H17FN2O2. The maximum atomic E-state index is 13.3. The molecule has 0 fully saturated rings. The number of carbonyl (C=O) groups is 1. The van der Waals surface area contributed by atoms with Gasteiger partial charge in [-0.2, -0.15) is 0 Å². The molecule has 0 aliphatic heterocycles. The van der Waals surface area contributed by atoms with Crippen LogP contribution in [-0.4, -0.2) is 22.1 Å². The zero-order valence-corrected chi connectivity index (χ0v) is 11.3. The first kappa shape index (κ1) is 13.5. The van der Waals surface area contributed by atoms with Crippen LogP contribution in [0.5, 0.6) is 0 Å². The van der Waals surface area contributed by atoms with Crippen molar-refractivity contribution in [1.29, 1.82) is 0 Å². The minimum absolute atomic E-state index is 0.288. The van der Waals surface area contributed by atoms with Crippen molar-refractivity contribution in [3.8, 4) is 0 Å². The van der Waals surface area contributed by atoms with E-state index in [1.807, 2.05) is 6.92 Å². The molecule has 0 spiro atoms. The van der Waals surface area contributed by atoms with Crippen molar-refractivity contribution in [3.05, 3.63) is 29.8 Å². The molecule has 1 aromatic carbocycles. The summed E-state index contributed by atoms with van der Waals surface area (Å²) in [6.45, 7) is 4.02. The lowest BCUT2D eigenvalue weighted by molar-refractivity contribution is -0.145. The number of halogens is 1. The normalized spacial score (nSPS) is 12.6. The van der Waals surface area contributed by atoms with E-state index >= 15 is 0 Å². The molecule has 1 atom stereocenters. The molecule has 1 aromatic heterocycles. The summed E-state index contributed by atoms with van der Waals surface area (Å²) in [4.78, 5) is 16.3. The Balaban J connectivity index is 2.49. The van der Waals surface area contributed by atoms with E-state index in [0.29, 0.717) is 29.9 Å². The van der Waals surface area contributed by atoms with Crippen LogP contribution in [0.2, 0.25) is 0 Å². The maximum Gasteiger partial charge on any atom is 0.316 e. The number of imidazole rings is 1. The Labute approximate surface area is 111 Å². The molecule has 0 bridgehead atoms. The number of esters is 1. The second-order valence-electron chi connectivity index (χ2n) is 4.37. The van der Waals surface area contributed by atoms with Crippen molar-refractivity contribution < 1.29 is 13.9 Å². The molecule has 0 aliphatic carbocycles. The number of fused-ring (bicyclic) bond motifs is 1. The minimum Gasteiger partial charge on any atom is -0.465 e. The molecule has 0 saturated carbocycles. The molecule has 0 N–H and O–H groups in total. The second-order valence-corrected chi connectivity index (χ2v) is 4.37. The smallest absolute Gasteiger partial charge is 0.316 e. The third-order valence-electron chi connectivity index (χ3n) is 3.17. The summed E-state index contributed by atoms with van der Waals surface area (Å²) in [5.41, 5.74) is 1.36. The lowest BCUT2D eigenvalue weighted by atomic mass is 10.1. The topological polar surface area (TPSA) is 44.1 Å². The number of rotatable bonds is 4. The average molecular weight is 264 g/mol. The predicted molar refractivity (Wildman–Crippen MR) is 70.3 cm³/mol. The van der Waals surface area contributed by atoms with Gasteiger partial charge in [-0.05, 0) is 31.5 Å². The largest absolute Gasteiger partial charge is 0.465 e. The third-order valence-corrected chi connectivity index (χ3v) is 3.17. The lowest BCUT2D eigenvalue weighted by Crippen LogP contribution is -2.18. The zero-order valence-electron chi connectivity index (χ0n) is 11.3. The molecule has 0 aliphatic rings. The van der Waals surface area contributed by atoms with E-state index in [0.717, 1.165) is 0 Å². The van der Waals surface area contributed by atoms with Crippen LogP contribution in [0.15, 0.2) is 18.2 Å². The first-order valence-corrected chi connectivity index (χ1v) is 6.37. The van der Waals surface area contributed by atoms with Crippen molar-refractivity contribution in [2.24, 2.45) is 7.05 Å². The van der Waals surface area contributed by atoms with Crippen LogP contribution in [0, 0.1) is 5.82 Å². The van der Waals surface area contributed by atoms with Gasteiger partial charge in [0, 0.05) is 7.05 Å². The van der Waals surface area contributed by atoms with Crippen molar-refractivity contribution in [3.63, 3.8) is 0 Å². The van der Waals surface area contributed by atoms with Gasteiger partial charge in [-0.1, -0.05) is 6.92 Å². The fraction of sp³-hybridized carbons (Fsp3) is 0.429. The first-order chi connectivity index (χ1) is 9.08. The van der Waals surface area contributed by atoms with Gasteiger partial charge in [0.05, 0.1) is 17.6 Å². The van der Waals surface area contributed by atoms with Crippen LogP contribution in [0.1, 0.15) is 32.0 Å². The number of aryl methyl sites for hydroxylation is 1. The van der Waals surface area contributed by atoms with Gasteiger partial charge in [0.15, 0.2) is 0 Å². The van der Waals surface area contributed by atoms with E-state index < -0.39 is 5.92 Å². The molecule has 0 saturated heterocycles. The standard InChI is InChI=1S/C14H17FN2O2/c1-4-10(14(18)19-5-2)13-16-11-7-6-9(15)8-12(11)17(13)3/h6-8,10H,4-5H2,1-3H3. The molecule has 0 amide bonds. The predicted octanol–water partition coefficient (Wildman–Crippen LogP) is 2.77. The van der Waals surface area contributed by atoms with Gasteiger partial charge in [0.25, 0.3) is 0 Å². The number of benzene rings is 1. The molecule has 1 heterocycles. The number of hydrogen-bond donors (Lipinski definition) is 0. The van der Waals surface area contributed by atoms with Crippen molar-refractivity contribution in [2.45, 2.75) is 26.2 Å². The van der Waals surface area contributed by atoms with Gasteiger partial charge >= 0.3 is 5.97 Å². The highest BCUT2D eigenvalue weighted by Crippen LogP contribution is 2.25. The Kier molecular flexibility index (Phi) is 3.83. The van der Waals surface area contributed by atoms with E-state index in [1.165, 1.54) is 12.1 Å². The lowest BCUT2D eigenvalue weighted by Gasteiger charge is -2.13. The molecule has 102 valence electrons. The van der Waals surface area contributed by atoms with E-state index in [2.05, 4.69) is 4.98 Å². The summed E-state index contributed by atoms with van der Waals surface area (Å²) in [5.74, 6) is -0.405. The van der Waals surface area contributed by atoms with Crippen LogP contribution >= 0.6 is 0 Å². The van der Waals surface area contributed by atoms with Crippen LogP contribution < -0.4 is 0 Å². The van der Waals surface area contributed by atoms with Crippen LogP contribution in [0.4, 0.5) is 4.39 Å². The fourth-order valence-corrected chi connectivity index (χ4v) is 2.19. The molecule has 0 radical (unpaired) electrons. The number of aromatic nitrogens is 2. The zero-order chi connectivity index (χ0) is 14.0. The van der Waals surface area contributed by atoms with Gasteiger partial charge in [0.1, 0.15) is 17.6 Å². The first-order valence-electron chi connectivity index (χ1n) is 6.37. The maximum absolute atomic E-state index is 13.3. The third kappa shape index (κ3) is 2.45. The van der Waals surface area contributed by atoms with Gasteiger partial charge in [0.2, 0.25) is 0 Å². The van der Waals surface area contributed by atoms with Gasteiger partial charge in [-0.25, -0.2) is 9.37 Å². The summed E-state index contributed by atoms with van der Waals surface area (Å²) in [6, 6.07) is 4.40. The van der Waals surface area contributed by atoms with Crippen molar-refractivity contribution in [1.82, 2.24) is 9.55 Å². The molecule has 2 aromatic rings.